The van der Waals surface area contributed by atoms with Crippen LogP contribution in [-0.2, 0) is 16.0 Å². The number of ether oxygens (including phenoxy) is 2. The van der Waals surface area contributed by atoms with Gasteiger partial charge < -0.3 is 19.7 Å². The minimum absolute atomic E-state index is 0.0327. The molecule has 0 saturated carbocycles. The van der Waals surface area contributed by atoms with Gasteiger partial charge in [-0.3, -0.25) is 4.79 Å². The van der Waals surface area contributed by atoms with Gasteiger partial charge in [0.1, 0.15) is 11.8 Å². The topological polar surface area (TPSA) is 86.7 Å². The molecule has 7 nitrogen and oxygen atoms in total. The number of aryl methyl sites for hydroxylation is 1. The van der Waals surface area contributed by atoms with E-state index < -0.39 is 0 Å². The second-order valence-corrected chi connectivity index (χ2v) is 8.82. The number of carbonyl (C=O) groups is 1. The van der Waals surface area contributed by atoms with Crippen LogP contribution in [0.4, 0.5) is 0 Å². The second-order valence-electron chi connectivity index (χ2n) is 8.82. The number of benzene rings is 2. The van der Waals surface area contributed by atoms with E-state index in [2.05, 4.69) is 35.9 Å². The average Bonchev–Trinajstić information content (AvgIpc) is 3.68. The molecule has 0 unspecified atom stereocenters. The first-order valence-corrected chi connectivity index (χ1v) is 11.9. The Morgan fingerprint density at radius 1 is 1.29 bits per heavy atom. The summed E-state index contributed by atoms with van der Waals surface area (Å²) in [4.78, 5) is 18.3. The molecular weight excluding hydrogens is 440 g/mol. The number of hydrogen-bond acceptors (Lipinski definition) is 6. The molecule has 2 aromatic carbocycles. The maximum absolute atomic E-state index is 11.8. The number of nitrogens with one attached hydrogen (secondary N) is 1. The predicted molar refractivity (Wildman–Crippen MR) is 138 cm³/mol. The number of hydrogen-bond donors (Lipinski definition) is 1. The summed E-state index contributed by atoms with van der Waals surface area (Å²) < 4.78 is 11.3. The first kappa shape index (κ1) is 26.0. The zero-order chi connectivity index (χ0) is 25.4. The van der Waals surface area contributed by atoms with Crippen molar-refractivity contribution in [2.24, 2.45) is 4.99 Å². The van der Waals surface area contributed by atoms with Gasteiger partial charge in [0, 0.05) is 24.2 Å². The number of nitriles is 1. The fraction of sp³-hybridized carbons (Fsp3) is 0.393. The van der Waals surface area contributed by atoms with Crippen LogP contribution in [0.1, 0.15) is 48.1 Å². The van der Waals surface area contributed by atoms with Crippen LogP contribution >= 0.6 is 0 Å². The minimum Gasteiger partial charge on any atom is -0.490 e. The molecule has 0 atom stereocenters. The molecule has 0 aromatic heterocycles. The summed E-state index contributed by atoms with van der Waals surface area (Å²) in [7, 11) is 1.55. The number of carbonyl (C=O) groups excluding carboxylic acids is 1. The third-order valence-corrected chi connectivity index (χ3v) is 5.72. The summed E-state index contributed by atoms with van der Waals surface area (Å²) >= 11 is 0. The lowest BCUT2D eigenvalue weighted by molar-refractivity contribution is -0.124. The molecule has 1 fully saturated rings. The first-order valence-electron chi connectivity index (χ1n) is 11.9. The molecular formula is C28H34N4O3. The zero-order valence-electron chi connectivity index (χ0n) is 21.1. The van der Waals surface area contributed by atoms with Crippen LogP contribution in [0.15, 0.2) is 48.0 Å². The molecule has 3 rings (SSSR count). The van der Waals surface area contributed by atoms with Crippen molar-refractivity contribution in [2.75, 3.05) is 33.3 Å². The molecule has 1 amide bonds. The van der Waals surface area contributed by atoms with Crippen LogP contribution in [0.3, 0.4) is 0 Å². The summed E-state index contributed by atoms with van der Waals surface area (Å²) in [6.07, 6.45) is 1.70. The average molecular weight is 475 g/mol. The van der Waals surface area contributed by atoms with E-state index in [9.17, 15) is 10.1 Å². The normalized spacial score (nSPS) is 12.9. The number of aliphatic imine (C=N–C) groups is 1. The third kappa shape index (κ3) is 7.17. The Hall–Kier alpha value is -3.63. The standard InChI is InChI=1S/C28H34N4O3/c1-19(2)35-26-12-11-22(16-23(26)17-29)28(34-5)31-21(4)25-9-6-8-20(3)24(25)10-7-13-30-18-27(33)32-14-15-32/h6,8-9,11-12,16,19,30H,4,7,10,13-15,18H2,1-3,5H3. The van der Waals surface area contributed by atoms with Crippen LogP contribution in [0.25, 0.3) is 5.70 Å². The van der Waals surface area contributed by atoms with E-state index in [4.69, 9.17) is 9.47 Å². The molecule has 0 spiro atoms. The van der Waals surface area contributed by atoms with Gasteiger partial charge in [0.05, 0.1) is 31.0 Å². The number of rotatable bonds is 11. The molecule has 1 aliphatic heterocycles. The highest BCUT2D eigenvalue weighted by molar-refractivity contribution is 5.98. The molecule has 1 aliphatic rings. The fourth-order valence-electron chi connectivity index (χ4n) is 3.82. The Balaban J connectivity index is 1.73. The highest BCUT2D eigenvalue weighted by Crippen LogP contribution is 2.26. The van der Waals surface area contributed by atoms with Gasteiger partial charge in [0.2, 0.25) is 11.8 Å². The molecule has 1 N–H and O–H groups in total. The Morgan fingerprint density at radius 2 is 2.06 bits per heavy atom. The predicted octanol–water partition coefficient (Wildman–Crippen LogP) is 4.08. The highest BCUT2D eigenvalue weighted by Gasteiger charge is 2.22. The second kappa shape index (κ2) is 12.2. The fourth-order valence-corrected chi connectivity index (χ4v) is 3.82. The number of nitrogens with zero attached hydrogens (tertiary/aromatic N) is 3. The molecule has 1 heterocycles. The zero-order valence-corrected chi connectivity index (χ0v) is 21.1. The van der Waals surface area contributed by atoms with Crippen molar-refractivity contribution in [3.63, 3.8) is 0 Å². The van der Waals surface area contributed by atoms with Crippen LogP contribution in [0.2, 0.25) is 0 Å². The molecule has 0 radical (unpaired) electrons. The summed E-state index contributed by atoms with van der Waals surface area (Å²) in [5.41, 5.74) is 4.99. The maximum atomic E-state index is 11.8. The van der Waals surface area contributed by atoms with Crippen molar-refractivity contribution in [2.45, 2.75) is 39.7 Å². The van der Waals surface area contributed by atoms with E-state index in [-0.39, 0.29) is 12.0 Å². The van der Waals surface area contributed by atoms with Gasteiger partial charge in [-0.15, -0.1) is 0 Å². The molecule has 2 aromatic rings. The van der Waals surface area contributed by atoms with Crippen molar-refractivity contribution in [3.05, 3.63) is 70.8 Å². The van der Waals surface area contributed by atoms with Gasteiger partial charge in [-0.2, -0.15) is 5.26 Å². The van der Waals surface area contributed by atoms with E-state index in [1.165, 1.54) is 11.1 Å². The summed E-state index contributed by atoms with van der Waals surface area (Å²) in [5, 5.41) is 12.8. The molecule has 0 aliphatic carbocycles. The summed E-state index contributed by atoms with van der Waals surface area (Å²) in [5.74, 6) is 1.08. The lowest BCUT2D eigenvalue weighted by Crippen LogP contribution is -2.28. The first-order chi connectivity index (χ1) is 16.8. The number of amides is 1. The SMILES string of the molecule is C=C(N=C(OC)c1ccc(OC(C)C)c(C#N)c1)c1cccc(C)c1CCCNCC(=O)N1CC1. The Labute approximate surface area is 208 Å². The van der Waals surface area contributed by atoms with Gasteiger partial charge in [0.15, 0.2) is 0 Å². The van der Waals surface area contributed by atoms with Crippen molar-refractivity contribution >= 4 is 17.5 Å². The van der Waals surface area contributed by atoms with Crippen molar-refractivity contribution in [3.8, 4) is 11.8 Å². The van der Waals surface area contributed by atoms with Gasteiger partial charge in [-0.05, 0) is 69.5 Å². The van der Waals surface area contributed by atoms with Gasteiger partial charge >= 0.3 is 0 Å². The largest absolute Gasteiger partial charge is 0.490 e. The molecule has 0 bridgehead atoms. The van der Waals surface area contributed by atoms with Crippen LogP contribution < -0.4 is 10.1 Å². The molecule has 1 saturated heterocycles. The van der Waals surface area contributed by atoms with Crippen LogP contribution in [0.5, 0.6) is 5.75 Å². The van der Waals surface area contributed by atoms with Crippen molar-refractivity contribution in [1.29, 1.82) is 5.26 Å². The monoisotopic (exact) mass is 474 g/mol. The Morgan fingerprint density at radius 3 is 2.71 bits per heavy atom. The maximum Gasteiger partial charge on any atom is 0.236 e. The molecule has 184 valence electrons. The van der Waals surface area contributed by atoms with Gasteiger partial charge in [-0.1, -0.05) is 24.8 Å². The third-order valence-electron chi connectivity index (χ3n) is 5.72. The Kier molecular flexibility index (Phi) is 9.04. The number of methoxy groups -OCH3 is 1. The Bertz CT molecular complexity index is 1140. The lowest BCUT2D eigenvalue weighted by Gasteiger charge is -2.15. The quantitative estimate of drug-likeness (QED) is 0.230. The molecule has 35 heavy (non-hydrogen) atoms. The van der Waals surface area contributed by atoms with E-state index in [1.807, 2.05) is 36.9 Å². The summed E-state index contributed by atoms with van der Waals surface area (Å²) in [6, 6.07) is 13.6. The van der Waals surface area contributed by atoms with Crippen LogP contribution in [0, 0.1) is 18.3 Å². The van der Waals surface area contributed by atoms with E-state index in [0.29, 0.717) is 35.0 Å². The van der Waals surface area contributed by atoms with Gasteiger partial charge in [0.25, 0.3) is 0 Å². The van der Waals surface area contributed by atoms with E-state index in [0.717, 1.165) is 38.0 Å². The van der Waals surface area contributed by atoms with Gasteiger partial charge in [-0.25, -0.2) is 4.99 Å². The van der Waals surface area contributed by atoms with Crippen molar-refractivity contribution < 1.29 is 14.3 Å². The van der Waals surface area contributed by atoms with Crippen molar-refractivity contribution in [1.82, 2.24) is 10.2 Å². The summed E-state index contributed by atoms with van der Waals surface area (Å²) in [6.45, 7) is 13.0. The smallest absolute Gasteiger partial charge is 0.236 e. The highest BCUT2D eigenvalue weighted by atomic mass is 16.5. The lowest BCUT2D eigenvalue weighted by atomic mass is 9.96. The molecule has 7 heteroatoms. The van der Waals surface area contributed by atoms with E-state index in [1.54, 1.807) is 19.2 Å². The minimum atomic E-state index is -0.0327. The van der Waals surface area contributed by atoms with E-state index >= 15 is 0 Å². The van der Waals surface area contributed by atoms with Crippen LogP contribution in [-0.4, -0.2) is 56.1 Å².